The number of rotatable bonds is 7. The van der Waals surface area contributed by atoms with Crippen molar-refractivity contribution in [1.82, 2.24) is 10.0 Å². The smallest absolute Gasteiger partial charge is 0.374 e. The fourth-order valence-corrected chi connectivity index (χ4v) is 1.90. The van der Waals surface area contributed by atoms with Crippen molar-refractivity contribution in [3.8, 4) is 0 Å². The standard InChI is InChI=1S/C10H16N2O5S/c1-11-18(14,15)6-4-12-7-8-3-5-17-9(8)10(13)16-2/h3,5,11-12H,4,6-7H2,1-2H3. The second kappa shape index (κ2) is 6.53. The molecule has 0 radical (unpaired) electrons. The molecule has 0 fully saturated rings. The Balaban J connectivity index is 2.45. The third kappa shape index (κ3) is 4.13. The number of ether oxygens (including phenoxy) is 1. The summed E-state index contributed by atoms with van der Waals surface area (Å²) >= 11 is 0. The predicted molar refractivity (Wildman–Crippen MR) is 64.6 cm³/mol. The van der Waals surface area contributed by atoms with E-state index in [0.717, 1.165) is 0 Å². The minimum atomic E-state index is -3.22. The molecule has 0 aliphatic carbocycles. The molecule has 0 atom stereocenters. The van der Waals surface area contributed by atoms with Gasteiger partial charge in [0, 0.05) is 18.7 Å². The molecule has 1 heterocycles. The van der Waals surface area contributed by atoms with E-state index in [1.807, 2.05) is 0 Å². The molecule has 1 rings (SSSR count). The van der Waals surface area contributed by atoms with Gasteiger partial charge in [-0.25, -0.2) is 17.9 Å². The Morgan fingerprint density at radius 1 is 1.50 bits per heavy atom. The molecule has 1 aromatic heterocycles. The van der Waals surface area contributed by atoms with Crippen molar-refractivity contribution in [1.29, 1.82) is 0 Å². The third-order valence-corrected chi connectivity index (χ3v) is 3.66. The minimum absolute atomic E-state index is 0.0328. The molecular weight excluding hydrogens is 260 g/mol. The van der Waals surface area contributed by atoms with Crippen molar-refractivity contribution in [3.63, 3.8) is 0 Å². The lowest BCUT2D eigenvalue weighted by Crippen LogP contribution is -2.29. The van der Waals surface area contributed by atoms with Gasteiger partial charge in [-0.3, -0.25) is 0 Å². The summed E-state index contributed by atoms with van der Waals surface area (Å²) in [5.74, 6) is -0.462. The average Bonchev–Trinajstić information content (AvgIpc) is 2.82. The van der Waals surface area contributed by atoms with Crippen molar-refractivity contribution in [2.45, 2.75) is 6.54 Å². The quantitative estimate of drug-likeness (QED) is 0.524. The number of esters is 1. The van der Waals surface area contributed by atoms with Crippen LogP contribution in [0.3, 0.4) is 0 Å². The van der Waals surface area contributed by atoms with Gasteiger partial charge in [0.25, 0.3) is 0 Å². The summed E-state index contributed by atoms with van der Waals surface area (Å²) in [6.45, 7) is 0.606. The molecule has 0 amide bonds. The maximum Gasteiger partial charge on any atom is 0.374 e. The summed E-state index contributed by atoms with van der Waals surface area (Å²) in [4.78, 5) is 11.3. The van der Waals surface area contributed by atoms with Crippen molar-refractivity contribution in [2.24, 2.45) is 0 Å². The van der Waals surface area contributed by atoms with E-state index in [0.29, 0.717) is 12.1 Å². The highest BCUT2D eigenvalue weighted by molar-refractivity contribution is 7.89. The molecule has 1 aromatic rings. The van der Waals surface area contributed by atoms with Gasteiger partial charge in [0.15, 0.2) is 0 Å². The summed E-state index contributed by atoms with van der Waals surface area (Å²) in [5, 5.41) is 2.91. The first-order valence-corrected chi connectivity index (χ1v) is 6.92. The molecule has 0 unspecified atom stereocenters. The Hall–Kier alpha value is -1.38. The molecule has 0 aliphatic heterocycles. The van der Waals surface area contributed by atoms with E-state index in [-0.39, 0.29) is 18.1 Å². The molecule has 18 heavy (non-hydrogen) atoms. The zero-order valence-corrected chi connectivity index (χ0v) is 11.0. The van der Waals surface area contributed by atoms with Gasteiger partial charge in [-0.15, -0.1) is 0 Å². The van der Waals surface area contributed by atoms with Gasteiger partial charge >= 0.3 is 5.97 Å². The number of furan rings is 1. The largest absolute Gasteiger partial charge is 0.463 e. The molecule has 0 saturated heterocycles. The maximum atomic E-state index is 11.3. The van der Waals surface area contributed by atoms with Gasteiger partial charge in [-0.2, -0.15) is 0 Å². The lowest BCUT2D eigenvalue weighted by molar-refractivity contribution is 0.0563. The number of methoxy groups -OCH3 is 1. The summed E-state index contributed by atoms with van der Waals surface area (Å²) in [5.41, 5.74) is 0.628. The van der Waals surface area contributed by atoms with Crippen molar-refractivity contribution in [2.75, 3.05) is 26.5 Å². The van der Waals surface area contributed by atoms with Crippen LogP contribution in [0.5, 0.6) is 0 Å². The zero-order chi connectivity index (χ0) is 13.6. The normalized spacial score (nSPS) is 11.4. The molecule has 102 valence electrons. The molecular formula is C10H16N2O5S. The van der Waals surface area contributed by atoms with Crippen LogP contribution >= 0.6 is 0 Å². The van der Waals surface area contributed by atoms with E-state index in [4.69, 9.17) is 4.42 Å². The molecule has 0 aromatic carbocycles. The summed E-state index contributed by atoms with van der Waals surface area (Å²) in [6, 6.07) is 1.63. The van der Waals surface area contributed by atoms with Gasteiger partial charge < -0.3 is 14.5 Å². The number of carbonyl (C=O) groups is 1. The number of hydrogen-bond acceptors (Lipinski definition) is 6. The fraction of sp³-hybridized carbons (Fsp3) is 0.500. The SMILES string of the molecule is CNS(=O)(=O)CCNCc1ccoc1C(=O)OC. The van der Waals surface area contributed by atoms with Crippen LogP contribution in [0, 0.1) is 0 Å². The maximum absolute atomic E-state index is 11.3. The monoisotopic (exact) mass is 276 g/mol. The first kappa shape index (κ1) is 14.7. The lowest BCUT2D eigenvalue weighted by Gasteiger charge is -2.05. The second-order valence-electron chi connectivity index (χ2n) is 3.47. The van der Waals surface area contributed by atoms with E-state index in [9.17, 15) is 13.2 Å². The summed E-state index contributed by atoms with van der Waals surface area (Å²) < 4.78 is 34.0. The minimum Gasteiger partial charge on any atom is -0.463 e. The van der Waals surface area contributed by atoms with Crippen LogP contribution in [0.4, 0.5) is 0 Å². The zero-order valence-electron chi connectivity index (χ0n) is 10.2. The van der Waals surface area contributed by atoms with E-state index in [1.165, 1.54) is 20.4 Å². The molecule has 0 saturated carbocycles. The van der Waals surface area contributed by atoms with Gasteiger partial charge in [0.1, 0.15) is 0 Å². The summed E-state index contributed by atoms with van der Waals surface area (Å²) in [6.07, 6.45) is 1.38. The highest BCUT2D eigenvalue weighted by atomic mass is 32.2. The van der Waals surface area contributed by atoms with Crippen molar-refractivity contribution < 1.29 is 22.4 Å². The number of nitrogens with one attached hydrogen (secondary N) is 2. The Labute approximate surface area is 106 Å². The van der Waals surface area contributed by atoms with Crippen LogP contribution in [0.25, 0.3) is 0 Å². The van der Waals surface area contributed by atoms with Gasteiger partial charge in [0.05, 0.1) is 19.1 Å². The molecule has 0 spiro atoms. The van der Waals surface area contributed by atoms with E-state index in [1.54, 1.807) is 6.07 Å². The first-order chi connectivity index (χ1) is 8.50. The molecule has 7 nitrogen and oxygen atoms in total. The number of sulfonamides is 1. The summed E-state index contributed by atoms with van der Waals surface area (Å²) in [7, 11) is -0.592. The average molecular weight is 276 g/mol. The highest BCUT2D eigenvalue weighted by Gasteiger charge is 2.15. The highest BCUT2D eigenvalue weighted by Crippen LogP contribution is 2.11. The van der Waals surface area contributed by atoms with Crippen LogP contribution in [0.1, 0.15) is 16.1 Å². The van der Waals surface area contributed by atoms with Gasteiger partial charge in [-0.05, 0) is 13.1 Å². The molecule has 8 heteroatoms. The number of carbonyl (C=O) groups excluding carboxylic acids is 1. The lowest BCUT2D eigenvalue weighted by atomic mass is 10.2. The van der Waals surface area contributed by atoms with Gasteiger partial charge in [0.2, 0.25) is 15.8 Å². The fourth-order valence-electron chi connectivity index (χ4n) is 1.28. The van der Waals surface area contributed by atoms with Crippen LogP contribution < -0.4 is 10.0 Å². The third-order valence-electron chi connectivity index (χ3n) is 2.29. The van der Waals surface area contributed by atoms with Crippen molar-refractivity contribution in [3.05, 3.63) is 23.7 Å². The Kier molecular flexibility index (Phi) is 5.32. The Morgan fingerprint density at radius 2 is 2.22 bits per heavy atom. The molecule has 0 bridgehead atoms. The Morgan fingerprint density at radius 3 is 2.83 bits per heavy atom. The van der Waals surface area contributed by atoms with Crippen LogP contribution in [-0.4, -0.2) is 40.8 Å². The van der Waals surface area contributed by atoms with Gasteiger partial charge in [-0.1, -0.05) is 0 Å². The van der Waals surface area contributed by atoms with E-state index >= 15 is 0 Å². The topological polar surface area (TPSA) is 97.6 Å². The second-order valence-corrected chi connectivity index (χ2v) is 5.51. The Bertz CT molecular complexity index is 494. The van der Waals surface area contributed by atoms with E-state index < -0.39 is 16.0 Å². The molecule has 0 aliphatic rings. The van der Waals surface area contributed by atoms with Crippen molar-refractivity contribution >= 4 is 16.0 Å². The first-order valence-electron chi connectivity index (χ1n) is 5.27. The number of hydrogen-bond donors (Lipinski definition) is 2. The van der Waals surface area contributed by atoms with Crippen LogP contribution in [-0.2, 0) is 21.3 Å². The van der Waals surface area contributed by atoms with Crippen LogP contribution in [0.2, 0.25) is 0 Å². The van der Waals surface area contributed by atoms with Crippen LogP contribution in [0.15, 0.2) is 16.7 Å². The predicted octanol–water partition coefficient (Wildman–Crippen LogP) is -0.295. The van der Waals surface area contributed by atoms with E-state index in [2.05, 4.69) is 14.8 Å². The molecule has 2 N–H and O–H groups in total.